The summed E-state index contributed by atoms with van der Waals surface area (Å²) in [5, 5.41) is 0. The van der Waals surface area contributed by atoms with Crippen LogP contribution in [0.3, 0.4) is 0 Å². The maximum absolute atomic E-state index is 11.4. The van der Waals surface area contributed by atoms with Crippen LogP contribution >= 0.6 is 0 Å². The molecule has 0 aromatic rings. The molecule has 22 heavy (non-hydrogen) atoms. The van der Waals surface area contributed by atoms with Crippen LogP contribution in [0.2, 0.25) is 0 Å². The van der Waals surface area contributed by atoms with E-state index in [1.165, 1.54) is 38.5 Å². The van der Waals surface area contributed by atoms with Crippen LogP contribution < -0.4 is 0 Å². The Bertz CT molecular complexity index is 274. The SMILES string of the molecule is CCCCCCCCC(=O)OC(=O)CCCCCCC.[H-].[H-].[H-].[H-].[Mg+2].[Mg+2]. The third-order valence-electron chi connectivity index (χ3n) is 3.45. The molecule has 0 saturated heterocycles. The molecular weight excluding hydrogens is 301 g/mol. The van der Waals surface area contributed by atoms with E-state index in [0.29, 0.717) is 12.8 Å². The molecule has 0 aromatic carbocycles. The first kappa shape index (κ1) is 27.5. The van der Waals surface area contributed by atoms with Crippen molar-refractivity contribution in [3.05, 3.63) is 0 Å². The van der Waals surface area contributed by atoms with Gasteiger partial charge in [0.15, 0.2) is 0 Å². The molecule has 0 radical (unpaired) electrons. The molecule has 3 nitrogen and oxygen atoms in total. The van der Waals surface area contributed by atoms with Crippen LogP contribution in [0.4, 0.5) is 0 Å². The molecule has 0 atom stereocenters. The molecule has 0 unspecified atom stereocenters. The van der Waals surface area contributed by atoms with Crippen molar-refractivity contribution in [3.63, 3.8) is 0 Å². The number of rotatable bonds is 13. The molecule has 0 heterocycles. The molecule has 0 aliphatic carbocycles. The molecule has 0 fully saturated rings. The normalized spacial score (nSPS) is 9.55. The topological polar surface area (TPSA) is 43.4 Å². The molecule has 0 amide bonds. The Morgan fingerprint density at radius 3 is 1.32 bits per heavy atom. The van der Waals surface area contributed by atoms with Crippen molar-refractivity contribution in [2.45, 2.75) is 97.3 Å². The summed E-state index contributed by atoms with van der Waals surface area (Å²) in [7, 11) is 0. The van der Waals surface area contributed by atoms with Crippen LogP contribution in [0.5, 0.6) is 0 Å². The van der Waals surface area contributed by atoms with Crippen molar-refractivity contribution in [1.29, 1.82) is 0 Å². The quantitative estimate of drug-likeness (QED) is 0.209. The van der Waals surface area contributed by atoms with Crippen LogP contribution in [0, 0.1) is 0 Å². The van der Waals surface area contributed by atoms with E-state index in [9.17, 15) is 9.59 Å². The second-order valence-corrected chi connectivity index (χ2v) is 5.53. The van der Waals surface area contributed by atoms with Gasteiger partial charge in [0, 0.05) is 12.8 Å². The molecule has 0 spiro atoms. The third-order valence-corrected chi connectivity index (χ3v) is 3.45. The summed E-state index contributed by atoms with van der Waals surface area (Å²) in [5.41, 5.74) is 0. The van der Waals surface area contributed by atoms with Crippen LogP contribution in [0.15, 0.2) is 0 Å². The predicted molar refractivity (Wildman–Crippen MR) is 98.4 cm³/mol. The van der Waals surface area contributed by atoms with Crippen LogP contribution in [0.1, 0.15) is 103 Å². The van der Waals surface area contributed by atoms with Crippen molar-refractivity contribution in [1.82, 2.24) is 0 Å². The van der Waals surface area contributed by atoms with E-state index in [-0.39, 0.29) is 63.8 Å². The number of ether oxygens (including phenoxy) is 1. The van der Waals surface area contributed by atoms with Crippen molar-refractivity contribution in [3.8, 4) is 0 Å². The molecule has 0 aliphatic rings. The zero-order valence-electron chi connectivity index (χ0n) is 18.8. The second kappa shape index (κ2) is 21.7. The Morgan fingerprint density at radius 1 is 0.636 bits per heavy atom. The molecule has 0 aliphatic heterocycles. The van der Waals surface area contributed by atoms with Crippen molar-refractivity contribution in [2.24, 2.45) is 0 Å². The Balaban J connectivity index is -0.000000120. The van der Waals surface area contributed by atoms with Crippen molar-refractivity contribution < 1.29 is 20.0 Å². The van der Waals surface area contributed by atoms with Gasteiger partial charge in [-0.2, -0.15) is 0 Å². The summed E-state index contributed by atoms with van der Waals surface area (Å²) in [6, 6.07) is 0. The van der Waals surface area contributed by atoms with E-state index in [4.69, 9.17) is 4.74 Å². The van der Waals surface area contributed by atoms with Gasteiger partial charge in [0.05, 0.1) is 0 Å². The smallest absolute Gasteiger partial charge is 1.00 e. The first-order valence-corrected chi connectivity index (χ1v) is 8.44. The predicted octanol–water partition coefficient (Wildman–Crippen LogP) is 4.86. The monoisotopic (exact) mass is 336 g/mol. The van der Waals surface area contributed by atoms with Gasteiger partial charge in [-0.3, -0.25) is 9.59 Å². The van der Waals surface area contributed by atoms with Crippen molar-refractivity contribution in [2.75, 3.05) is 0 Å². The maximum Gasteiger partial charge on any atom is 2.00 e. The fourth-order valence-electron chi connectivity index (χ4n) is 2.15. The molecule has 5 heteroatoms. The van der Waals surface area contributed by atoms with Gasteiger partial charge in [-0.15, -0.1) is 0 Å². The van der Waals surface area contributed by atoms with Crippen LogP contribution in [0.25, 0.3) is 0 Å². The Kier molecular flexibility index (Phi) is 27.1. The minimum absolute atomic E-state index is 0. The summed E-state index contributed by atoms with van der Waals surface area (Å²) in [6.07, 6.45) is 13.0. The largest absolute Gasteiger partial charge is 2.00 e. The average Bonchev–Trinajstić information content (AvgIpc) is 2.42. The molecule has 126 valence electrons. The first-order valence-electron chi connectivity index (χ1n) is 8.44. The molecule has 0 saturated carbocycles. The summed E-state index contributed by atoms with van der Waals surface area (Å²) in [4.78, 5) is 22.9. The van der Waals surface area contributed by atoms with Gasteiger partial charge < -0.3 is 10.4 Å². The van der Waals surface area contributed by atoms with Gasteiger partial charge >= 0.3 is 58.0 Å². The van der Waals surface area contributed by atoms with Gasteiger partial charge in [-0.25, -0.2) is 0 Å². The fourth-order valence-corrected chi connectivity index (χ4v) is 2.15. The number of carbonyl (C=O) groups is 2. The number of unbranched alkanes of at least 4 members (excludes halogenated alkanes) is 9. The minimum Gasteiger partial charge on any atom is -1.00 e. The minimum atomic E-state index is -0.350. The van der Waals surface area contributed by atoms with E-state index in [1.54, 1.807) is 0 Å². The van der Waals surface area contributed by atoms with Crippen LogP contribution in [-0.2, 0) is 14.3 Å². The van der Waals surface area contributed by atoms with Gasteiger partial charge in [0.1, 0.15) is 0 Å². The second-order valence-electron chi connectivity index (χ2n) is 5.53. The molecule has 0 N–H and O–H groups in total. The molecule has 0 bridgehead atoms. The number of esters is 2. The summed E-state index contributed by atoms with van der Waals surface area (Å²) < 4.78 is 4.81. The van der Waals surface area contributed by atoms with E-state index < -0.39 is 0 Å². The van der Waals surface area contributed by atoms with Crippen molar-refractivity contribution >= 4 is 58.0 Å². The summed E-state index contributed by atoms with van der Waals surface area (Å²) in [5.74, 6) is -0.698. The third kappa shape index (κ3) is 20.7. The van der Waals surface area contributed by atoms with Gasteiger partial charge in [-0.1, -0.05) is 71.6 Å². The van der Waals surface area contributed by atoms with E-state index in [1.807, 2.05) is 0 Å². The van der Waals surface area contributed by atoms with Gasteiger partial charge in [-0.05, 0) is 12.8 Å². The van der Waals surface area contributed by atoms with E-state index in [0.717, 1.165) is 32.1 Å². The number of carbonyl (C=O) groups excluding carboxylic acids is 2. The Labute approximate surface area is 174 Å². The zero-order chi connectivity index (χ0) is 15.1. The zero-order valence-corrected chi connectivity index (χ0v) is 17.7. The van der Waals surface area contributed by atoms with Crippen LogP contribution in [-0.4, -0.2) is 58.0 Å². The molecular formula is C17H36Mg2O3. The standard InChI is InChI=1S/C17H32O3.2Mg.4H/c1-3-5-7-9-11-13-15-17(19)20-16(18)14-12-10-8-6-4-2;;;;;;/h3-15H2,1-2H3;;;;;;/q;2*+2;4*-1. The first-order chi connectivity index (χ1) is 9.70. The van der Waals surface area contributed by atoms with E-state index in [2.05, 4.69) is 13.8 Å². The fraction of sp³-hybridized carbons (Fsp3) is 0.882. The number of hydrogen-bond donors (Lipinski definition) is 0. The van der Waals surface area contributed by atoms with E-state index >= 15 is 0 Å². The summed E-state index contributed by atoms with van der Waals surface area (Å²) >= 11 is 0. The average molecular weight is 337 g/mol. The molecule has 0 aromatic heterocycles. The maximum atomic E-state index is 11.4. The van der Waals surface area contributed by atoms with Gasteiger partial charge in [0.2, 0.25) is 0 Å². The number of hydrogen-bond acceptors (Lipinski definition) is 3. The Morgan fingerprint density at radius 2 is 0.955 bits per heavy atom. The summed E-state index contributed by atoms with van der Waals surface area (Å²) in [6.45, 7) is 4.35. The van der Waals surface area contributed by atoms with Gasteiger partial charge in [0.25, 0.3) is 0 Å². The Hall–Kier alpha value is 0.672. The molecule has 0 rings (SSSR count).